The van der Waals surface area contributed by atoms with E-state index in [-0.39, 0.29) is 55.0 Å². The standard InChI is InChI=1S/C33H36F2N8O2S/c1-17-14-44-18(2)11-43(17)15-33(7-8-33)16-45-32-40-28-23(31(41-32)42-12-19-3-4-20(13-42)39-19)10-38-27(26(28)35)21-5-6-24(34)29-25(21)22(9-36)30(37)46-29/h5-6,10,17-20,39H,3-4,7-8,11-16,37H2,1-2H3/t17-,18+,19?,20?/m0/s1. The number of nitrogens with two attached hydrogens (primary N) is 1. The van der Waals surface area contributed by atoms with Gasteiger partial charge in [-0.1, -0.05) is 0 Å². The van der Waals surface area contributed by atoms with Crippen LogP contribution in [-0.2, 0) is 4.74 Å². The second-order valence-corrected chi connectivity index (χ2v) is 14.6. The Morgan fingerprint density at radius 2 is 1.96 bits per heavy atom. The van der Waals surface area contributed by atoms with Crippen LogP contribution in [0.1, 0.15) is 45.1 Å². The molecule has 6 heterocycles. The van der Waals surface area contributed by atoms with E-state index in [0.717, 1.165) is 63.2 Å². The minimum Gasteiger partial charge on any atom is -0.463 e. The van der Waals surface area contributed by atoms with E-state index < -0.39 is 11.6 Å². The molecular formula is C33H36F2N8O2S. The van der Waals surface area contributed by atoms with Crippen molar-refractivity contribution in [3.63, 3.8) is 0 Å². The number of nitriles is 1. The van der Waals surface area contributed by atoms with Crippen molar-refractivity contribution in [1.29, 1.82) is 5.26 Å². The number of anilines is 2. The largest absolute Gasteiger partial charge is 0.463 e. The zero-order valence-corrected chi connectivity index (χ0v) is 26.7. The molecule has 46 heavy (non-hydrogen) atoms. The molecule has 0 amide bonds. The summed E-state index contributed by atoms with van der Waals surface area (Å²) in [5.41, 5.74) is 6.50. The van der Waals surface area contributed by atoms with Crippen molar-refractivity contribution in [2.75, 3.05) is 50.0 Å². The fourth-order valence-electron chi connectivity index (χ4n) is 7.35. The molecule has 4 aliphatic rings. The number of pyridine rings is 1. The van der Waals surface area contributed by atoms with Gasteiger partial charge in [0.05, 0.1) is 35.0 Å². The summed E-state index contributed by atoms with van der Waals surface area (Å²) in [5.74, 6) is -0.608. The van der Waals surface area contributed by atoms with Crippen LogP contribution in [0.5, 0.6) is 6.01 Å². The lowest BCUT2D eigenvalue weighted by Gasteiger charge is -2.38. The lowest BCUT2D eigenvalue weighted by Crippen LogP contribution is -2.51. The zero-order chi connectivity index (χ0) is 31.7. The molecule has 3 saturated heterocycles. The van der Waals surface area contributed by atoms with Crippen LogP contribution in [0.25, 0.3) is 32.2 Å². The fourth-order valence-corrected chi connectivity index (χ4v) is 8.30. The lowest BCUT2D eigenvalue weighted by atomic mass is 10.0. The number of hydrogen-bond donors (Lipinski definition) is 2. The second kappa shape index (κ2) is 11.2. The van der Waals surface area contributed by atoms with E-state index in [4.69, 9.17) is 20.2 Å². The Hall–Kier alpha value is -3.70. The van der Waals surface area contributed by atoms with Crippen molar-refractivity contribution in [3.05, 3.63) is 35.5 Å². The smallest absolute Gasteiger partial charge is 0.319 e. The van der Waals surface area contributed by atoms with Gasteiger partial charge in [0, 0.05) is 66.9 Å². The van der Waals surface area contributed by atoms with E-state index in [9.17, 15) is 9.65 Å². The monoisotopic (exact) mass is 646 g/mol. The Balaban J connectivity index is 1.19. The number of piperazine rings is 1. The Labute approximate surface area is 269 Å². The average molecular weight is 647 g/mol. The van der Waals surface area contributed by atoms with Gasteiger partial charge in [-0.2, -0.15) is 15.2 Å². The van der Waals surface area contributed by atoms with Gasteiger partial charge in [-0.3, -0.25) is 9.88 Å². The first-order valence-electron chi connectivity index (χ1n) is 16.0. The van der Waals surface area contributed by atoms with Gasteiger partial charge in [0.2, 0.25) is 0 Å². The number of nitrogen functional groups attached to an aromatic ring is 1. The normalized spacial score (nSPS) is 25.7. The van der Waals surface area contributed by atoms with E-state index >= 15 is 4.39 Å². The fraction of sp³-hybridized carbons (Fsp3) is 0.515. The highest BCUT2D eigenvalue weighted by Gasteiger charge is 2.46. The Kier molecular flexibility index (Phi) is 7.24. The average Bonchev–Trinajstić information content (AvgIpc) is 3.61. The van der Waals surface area contributed by atoms with Gasteiger partial charge in [-0.25, -0.2) is 8.78 Å². The third kappa shape index (κ3) is 5.12. The summed E-state index contributed by atoms with van der Waals surface area (Å²) in [6.07, 6.45) is 6.02. The molecule has 1 aliphatic carbocycles. The number of benzene rings is 1. The van der Waals surface area contributed by atoms with Crippen molar-refractivity contribution in [1.82, 2.24) is 25.2 Å². The van der Waals surface area contributed by atoms with Gasteiger partial charge in [0.1, 0.15) is 33.9 Å². The first-order valence-corrected chi connectivity index (χ1v) is 16.8. The number of nitrogens with zero attached hydrogens (tertiary/aromatic N) is 6. The molecule has 4 fully saturated rings. The first kappa shape index (κ1) is 29.7. The van der Waals surface area contributed by atoms with Crippen LogP contribution >= 0.6 is 11.3 Å². The van der Waals surface area contributed by atoms with Crippen molar-refractivity contribution in [3.8, 4) is 23.3 Å². The minimum atomic E-state index is -0.678. The number of ether oxygens (including phenoxy) is 2. The predicted octanol–water partition coefficient (Wildman–Crippen LogP) is 4.85. The Morgan fingerprint density at radius 3 is 2.70 bits per heavy atom. The quantitative estimate of drug-likeness (QED) is 0.288. The summed E-state index contributed by atoms with van der Waals surface area (Å²) in [7, 11) is 0. The summed E-state index contributed by atoms with van der Waals surface area (Å²) < 4.78 is 43.9. The maximum Gasteiger partial charge on any atom is 0.319 e. The Bertz CT molecular complexity index is 1880. The summed E-state index contributed by atoms with van der Waals surface area (Å²) >= 11 is 0.967. The lowest BCUT2D eigenvalue weighted by molar-refractivity contribution is -0.0580. The van der Waals surface area contributed by atoms with Gasteiger partial charge in [0.15, 0.2) is 5.82 Å². The van der Waals surface area contributed by atoms with Crippen LogP contribution in [0, 0.1) is 28.4 Å². The topological polar surface area (TPSA) is 125 Å². The van der Waals surface area contributed by atoms with Gasteiger partial charge in [-0.15, -0.1) is 11.3 Å². The van der Waals surface area contributed by atoms with E-state index in [1.807, 2.05) is 0 Å². The molecule has 0 radical (unpaired) electrons. The summed E-state index contributed by atoms with van der Waals surface area (Å²) in [6.45, 7) is 8.69. The number of rotatable bonds is 7. The van der Waals surface area contributed by atoms with E-state index in [0.29, 0.717) is 42.5 Å². The highest BCUT2D eigenvalue weighted by molar-refractivity contribution is 7.23. The van der Waals surface area contributed by atoms with Crippen molar-refractivity contribution in [2.24, 2.45) is 5.41 Å². The SMILES string of the molecule is C[C@@H]1CN(CC2(COc3nc(N4CC5CCC(C4)N5)c4cnc(-c5ccc(F)c6sc(N)c(C#N)c56)c(F)c4n3)CC2)[C@@H](C)CO1. The van der Waals surface area contributed by atoms with Gasteiger partial charge in [-0.05, 0) is 51.7 Å². The molecule has 3 N–H and O–H groups in total. The van der Waals surface area contributed by atoms with Crippen LogP contribution in [-0.4, -0.2) is 83.5 Å². The molecule has 1 saturated carbocycles. The van der Waals surface area contributed by atoms with Crippen LogP contribution in [0.15, 0.2) is 18.3 Å². The molecular weight excluding hydrogens is 610 g/mol. The van der Waals surface area contributed by atoms with Gasteiger partial charge < -0.3 is 25.4 Å². The molecule has 4 aromatic rings. The number of nitrogens with one attached hydrogen (secondary N) is 1. The molecule has 4 atom stereocenters. The maximum absolute atomic E-state index is 16.7. The van der Waals surface area contributed by atoms with Crippen molar-refractivity contribution < 1.29 is 18.3 Å². The molecule has 3 aliphatic heterocycles. The number of thiophene rings is 1. The van der Waals surface area contributed by atoms with Crippen LogP contribution in [0.2, 0.25) is 0 Å². The molecule has 240 valence electrons. The van der Waals surface area contributed by atoms with Gasteiger partial charge in [0.25, 0.3) is 0 Å². The number of fused-ring (bicyclic) bond motifs is 4. The van der Waals surface area contributed by atoms with E-state index in [1.165, 1.54) is 12.1 Å². The molecule has 2 unspecified atom stereocenters. The van der Waals surface area contributed by atoms with Crippen molar-refractivity contribution >= 4 is 43.1 Å². The Morgan fingerprint density at radius 1 is 1.17 bits per heavy atom. The highest BCUT2D eigenvalue weighted by Crippen LogP contribution is 2.47. The zero-order valence-electron chi connectivity index (χ0n) is 25.9. The predicted molar refractivity (Wildman–Crippen MR) is 173 cm³/mol. The van der Waals surface area contributed by atoms with Gasteiger partial charge >= 0.3 is 6.01 Å². The maximum atomic E-state index is 16.7. The highest BCUT2D eigenvalue weighted by atomic mass is 32.1. The van der Waals surface area contributed by atoms with Crippen LogP contribution in [0.3, 0.4) is 0 Å². The molecule has 10 nitrogen and oxygen atoms in total. The number of halogens is 2. The number of aromatic nitrogens is 3. The summed E-state index contributed by atoms with van der Waals surface area (Å²) in [6, 6.07) is 5.88. The van der Waals surface area contributed by atoms with Crippen LogP contribution < -0.4 is 20.7 Å². The third-order valence-electron chi connectivity index (χ3n) is 10.1. The molecule has 8 rings (SSSR count). The molecule has 2 bridgehead atoms. The van der Waals surface area contributed by atoms with Crippen molar-refractivity contribution in [2.45, 2.75) is 63.8 Å². The minimum absolute atomic E-state index is 0.00774. The third-order valence-corrected chi connectivity index (χ3v) is 11.1. The first-order chi connectivity index (χ1) is 22.2. The molecule has 1 aromatic carbocycles. The summed E-state index contributed by atoms with van der Waals surface area (Å²) in [5, 5.41) is 14.4. The molecule has 13 heteroatoms. The van der Waals surface area contributed by atoms with Crippen LogP contribution in [0.4, 0.5) is 19.6 Å². The second-order valence-electron chi connectivity index (χ2n) is 13.5. The van der Waals surface area contributed by atoms with E-state index in [1.54, 1.807) is 6.20 Å². The van der Waals surface area contributed by atoms with E-state index in [2.05, 4.69) is 45.0 Å². The molecule has 0 spiro atoms. The number of hydrogen-bond acceptors (Lipinski definition) is 11. The number of morpholine rings is 1. The summed E-state index contributed by atoms with van der Waals surface area (Å²) in [4.78, 5) is 18.7. The molecule has 3 aromatic heterocycles.